The van der Waals surface area contributed by atoms with Crippen LogP contribution in [0.4, 0.5) is 0 Å². The molecule has 0 aliphatic carbocycles. The van der Waals surface area contributed by atoms with Crippen molar-refractivity contribution in [2.24, 2.45) is 0 Å². The Balaban J connectivity index is 2.15. The third-order valence-electron chi connectivity index (χ3n) is 4.42. The summed E-state index contributed by atoms with van der Waals surface area (Å²) in [6.07, 6.45) is 2.21. The maximum Gasteiger partial charge on any atom is 0.243 e. The fraction of sp³-hybridized carbons (Fsp3) is 0.647. The van der Waals surface area contributed by atoms with E-state index in [1.54, 1.807) is 10.4 Å². The van der Waals surface area contributed by atoms with Gasteiger partial charge in [0.2, 0.25) is 10.0 Å². The zero-order valence-electron chi connectivity index (χ0n) is 14.5. The molecule has 0 spiro atoms. The monoisotopic (exact) mass is 339 g/mol. The van der Waals surface area contributed by atoms with Crippen molar-refractivity contribution >= 4 is 10.0 Å². The smallest absolute Gasteiger partial charge is 0.243 e. The Hall–Kier alpha value is -0.950. The second kappa shape index (κ2) is 8.24. The number of hydrogen-bond acceptors (Lipinski definition) is 4. The van der Waals surface area contributed by atoms with E-state index in [1.807, 2.05) is 25.2 Å². The van der Waals surface area contributed by atoms with Crippen molar-refractivity contribution in [3.8, 4) is 0 Å². The highest BCUT2D eigenvalue weighted by molar-refractivity contribution is 7.89. The number of piperazine rings is 1. The van der Waals surface area contributed by atoms with Gasteiger partial charge in [-0.15, -0.1) is 0 Å². The van der Waals surface area contributed by atoms with Crippen molar-refractivity contribution in [3.05, 3.63) is 29.8 Å². The summed E-state index contributed by atoms with van der Waals surface area (Å²) in [6.45, 7) is 7.58. The van der Waals surface area contributed by atoms with Gasteiger partial charge in [0.25, 0.3) is 0 Å². The summed E-state index contributed by atoms with van der Waals surface area (Å²) in [4.78, 5) is 2.60. The topological polar surface area (TPSA) is 52.7 Å². The van der Waals surface area contributed by atoms with Crippen LogP contribution in [-0.2, 0) is 16.6 Å². The molecule has 0 aromatic heterocycles. The molecule has 1 aliphatic rings. The number of hydrogen-bond donors (Lipinski definition) is 1. The molecular weight excluding hydrogens is 310 g/mol. The van der Waals surface area contributed by atoms with Crippen LogP contribution >= 0.6 is 0 Å². The normalized spacial score (nSPS) is 18.9. The first-order valence-corrected chi connectivity index (χ1v) is 9.89. The predicted octanol–water partition coefficient (Wildman–Crippen LogP) is 1.90. The fourth-order valence-electron chi connectivity index (χ4n) is 2.89. The summed E-state index contributed by atoms with van der Waals surface area (Å²) in [5.74, 6) is 0. The SMILES string of the molecule is CCC[C@@H](C)NCc1ccccc1S(=O)(=O)N1CCN(C)CC1. The molecule has 0 bridgehead atoms. The van der Waals surface area contributed by atoms with Crippen LogP contribution in [0.5, 0.6) is 0 Å². The molecule has 0 saturated carbocycles. The quantitative estimate of drug-likeness (QED) is 0.824. The Morgan fingerprint density at radius 1 is 1.17 bits per heavy atom. The van der Waals surface area contributed by atoms with Gasteiger partial charge in [-0.25, -0.2) is 8.42 Å². The molecule has 130 valence electrons. The van der Waals surface area contributed by atoms with E-state index in [4.69, 9.17) is 0 Å². The van der Waals surface area contributed by atoms with Gasteiger partial charge in [0.05, 0.1) is 4.90 Å². The molecule has 1 aliphatic heterocycles. The summed E-state index contributed by atoms with van der Waals surface area (Å²) < 4.78 is 27.5. The highest BCUT2D eigenvalue weighted by atomic mass is 32.2. The predicted molar refractivity (Wildman–Crippen MR) is 93.9 cm³/mol. The molecule has 1 heterocycles. The largest absolute Gasteiger partial charge is 0.310 e. The Morgan fingerprint density at radius 2 is 1.83 bits per heavy atom. The Kier molecular flexibility index (Phi) is 6.59. The van der Waals surface area contributed by atoms with E-state index in [2.05, 4.69) is 24.1 Å². The lowest BCUT2D eigenvalue weighted by Crippen LogP contribution is -2.47. The van der Waals surface area contributed by atoms with Gasteiger partial charge in [-0.05, 0) is 32.0 Å². The first kappa shape index (κ1) is 18.4. The Bertz CT molecular complexity index is 596. The average Bonchev–Trinajstić information content (AvgIpc) is 2.54. The van der Waals surface area contributed by atoms with E-state index in [-0.39, 0.29) is 0 Å². The lowest BCUT2D eigenvalue weighted by atomic mass is 10.1. The molecule has 1 N–H and O–H groups in total. The van der Waals surface area contributed by atoms with Crippen molar-refractivity contribution in [2.75, 3.05) is 33.2 Å². The van der Waals surface area contributed by atoms with Crippen molar-refractivity contribution in [1.82, 2.24) is 14.5 Å². The summed E-state index contributed by atoms with van der Waals surface area (Å²) in [7, 11) is -1.38. The van der Waals surface area contributed by atoms with Gasteiger partial charge in [0.15, 0.2) is 0 Å². The molecule has 1 aromatic rings. The summed E-state index contributed by atoms with van der Waals surface area (Å²) in [5.41, 5.74) is 0.856. The molecule has 0 amide bonds. The fourth-order valence-corrected chi connectivity index (χ4v) is 4.53. The van der Waals surface area contributed by atoms with Crippen molar-refractivity contribution in [3.63, 3.8) is 0 Å². The van der Waals surface area contributed by atoms with Gasteiger partial charge in [0.1, 0.15) is 0 Å². The third-order valence-corrected chi connectivity index (χ3v) is 6.41. The minimum atomic E-state index is -3.41. The molecular formula is C17H29N3O2S. The molecule has 23 heavy (non-hydrogen) atoms. The standard InChI is InChI=1S/C17H29N3O2S/c1-4-7-15(2)18-14-16-8-5-6-9-17(16)23(21,22)20-12-10-19(3)11-13-20/h5-6,8-9,15,18H,4,7,10-14H2,1-3H3/t15-/m1/s1. The third kappa shape index (κ3) is 4.76. The van der Waals surface area contributed by atoms with Gasteiger partial charge in [0, 0.05) is 38.8 Å². The Morgan fingerprint density at radius 3 is 2.48 bits per heavy atom. The molecule has 1 saturated heterocycles. The number of nitrogens with zero attached hydrogens (tertiary/aromatic N) is 2. The van der Waals surface area contributed by atoms with Crippen LogP contribution in [0.2, 0.25) is 0 Å². The van der Waals surface area contributed by atoms with E-state index in [0.29, 0.717) is 30.6 Å². The number of nitrogens with one attached hydrogen (secondary N) is 1. The molecule has 5 nitrogen and oxygen atoms in total. The highest BCUT2D eigenvalue weighted by Crippen LogP contribution is 2.21. The maximum absolute atomic E-state index is 13.0. The molecule has 6 heteroatoms. The summed E-state index contributed by atoms with van der Waals surface area (Å²) >= 11 is 0. The van der Waals surface area contributed by atoms with E-state index in [0.717, 1.165) is 31.5 Å². The number of sulfonamides is 1. The van der Waals surface area contributed by atoms with Crippen LogP contribution in [0.1, 0.15) is 32.3 Å². The maximum atomic E-state index is 13.0. The van der Waals surface area contributed by atoms with E-state index in [9.17, 15) is 8.42 Å². The van der Waals surface area contributed by atoms with Crippen LogP contribution in [0, 0.1) is 0 Å². The summed E-state index contributed by atoms with van der Waals surface area (Å²) in [5, 5.41) is 3.43. The first-order valence-electron chi connectivity index (χ1n) is 8.45. The van der Waals surface area contributed by atoms with Gasteiger partial charge in [-0.3, -0.25) is 0 Å². The minimum absolute atomic E-state index is 0.388. The van der Waals surface area contributed by atoms with E-state index >= 15 is 0 Å². The second-order valence-corrected chi connectivity index (χ2v) is 8.29. The van der Waals surface area contributed by atoms with Gasteiger partial charge < -0.3 is 10.2 Å². The molecule has 1 aromatic carbocycles. The van der Waals surface area contributed by atoms with Crippen molar-refractivity contribution < 1.29 is 8.42 Å². The van der Waals surface area contributed by atoms with Crippen LogP contribution < -0.4 is 5.32 Å². The minimum Gasteiger partial charge on any atom is -0.310 e. The molecule has 1 atom stereocenters. The van der Waals surface area contributed by atoms with Crippen LogP contribution in [0.25, 0.3) is 0 Å². The van der Waals surface area contributed by atoms with Crippen LogP contribution in [-0.4, -0.2) is 56.9 Å². The zero-order chi connectivity index (χ0) is 16.9. The van der Waals surface area contributed by atoms with Crippen molar-refractivity contribution in [1.29, 1.82) is 0 Å². The number of rotatable bonds is 7. The molecule has 1 fully saturated rings. The Labute approximate surface area is 140 Å². The van der Waals surface area contributed by atoms with Crippen LogP contribution in [0.3, 0.4) is 0 Å². The molecule has 2 rings (SSSR count). The number of benzene rings is 1. The number of likely N-dealkylation sites (N-methyl/N-ethyl adjacent to an activating group) is 1. The van der Waals surface area contributed by atoms with E-state index < -0.39 is 10.0 Å². The highest BCUT2D eigenvalue weighted by Gasteiger charge is 2.29. The average molecular weight is 340 g/mol. The van der Waals surface area contributed by atoms with Gasteiger partial charge in [-0.2, -0.15) is 4.31 Å². The summed E-state index contributed by atoms with van der Waals surface area (Å²) in [6, 6.07) is 7.75. The molecule has 0 radical (unpaired) electrons. The lowest BCUT2D eigenvalue weighted by molar-refractivity contribution is 0.222. The van der Waals surface area contributed by atoms with E-state index in [1.165, 1.54) is 0 Å². The van der Waals surface area contributed by atoms with Crippen molar-refractivity contribution in [2.45, 2.75) is 44.2 Å². The molecule has 0 unspecified atom stereocenters. The second-order valence-electron chi connectivity index (χ2n) is 6.39. The zero-order valence-corrected chi connectivity index (χ0v) is 15.3. The van der Waals surface area contributed by atoms with Gasteiger partial charge in [-0.1, -0.05) is 31.5 Å². The van der Waals surface area contributed by atoms with Crippen LogP contribution in [0.15, 0.2) is 29.2 Å². The lowest BCUT2D eigenvalue weighted by Gasteiger charge is -2.32. The van der Waals surface area contributed by atoms with Gasteiger partial charge >= 0.3 is 0 Å². The first-order chi connectivity index (χ1) is 10.9.